The van der Waals surface area contributed by atoms with Gasteiger partial charge in [0.05, 0.1) is 6.54 Å². The number of amides is 1. The van der Waals surface area contributed by atoms with Crippen LogP contribution >= 0.6 is 0 Å². The Morgan fingerprint density at radius 3 is 2.41 bits per heavy atom. The minimum absolute atomic E-state index is 0.129. The van der Waals surface area contributed by atoms with Crippen LogP contribution < -0.4 is 10.6 Å². The summed E-state index contributed by atoms with van der Waals surface area (Å²) in [6.45, 7) is 6.81. The molecule has 0 aromatic carbocycles. The molecule has 0 spiro atoms. The number of rotatable bonds is 6. The van der Waals surface area contributed by atoms with Crippen molar-refractivity contribution >= 4 is 11.9 Å². The van der Waals surface area contributed by atoms with E-state index < -0.39 is 5.60 Å². The molecule has 17 heavy (non-hydrogen) atoms. The molecule has 5 nitrogen and oxygen atoms in total. The van der Waals surface area contributed by atoms with Gasteiger partial charge in [-0.3, -0.25) is 9.59 Å². The Morgan fingerprint density at radius 2 is 1.88 bits per heavy atom. The lowest BCUT2D eigenvalue weighted by molar-refractivity contribution is -0.153. The summed E-state index contributed by atoms with van der Waals surface area (Å²) in [5.41, 5.74) is -0.445. The third-order valence-corrected chi connectivity index (χ3v) is 2.24. The van der Waals surface area contributed by atoms with Crippen molar-refractivity contribution in [1.29, 1.82) is 0 Å². The van der Waals surface area contributed by atoms with E-state index in [2.05, 4.69) is 10.6 Å². The van der Waals surface area contributed by atoms with E-state index in [1.807, 2.05) is 20.8 Å². The second kappa shape index (κ2) is 6.00. The molecule has 1 rings (SSSR count). The van der Waals surface area contributed by atoms with Crippen LogP contribution in [0.15, 0.2) is 0 Å². The first-order valence-electron chi connectivity index (χ1n) is 6.09. The SMILES string of the molecule is CC(C)(C)OC(=O)CNCCNC(=O)C1CC1. The monoisotopic (exact) mass is 242 g/mol. The number of hydrogen-bond donors (Lipinski definition) is 2. The molecule has 0 atom stereocenters. The van der Waals surface area contributed by atoms with Gasteiger partial charge in [-0.2, -0.15) is 0 Å². The van der Waals surface area contributed by atoms with Crippen LogP contribution in [0.1, 0.15) is 33.6 Å². The molecular formula is C12H22N2O3. The van der Waals surface area contributed by atoms with Crippen molar-refractivity contribution in [2.75, 3.05) is 19.6 Å². The summed E-state index contributed by atoms with van der Waals surface area (Å²) >= 11 is 0. The average molecular weight is 242 g/mol. The van der Waals surface area contributed by atoms with E-state index in [1.54, 1.807) is 0 Å². The molecule has 98 valence electrons. The highest BCUT2D eigenvalue weighted by molar-refractivity contribution is 5.80. The predicted octanol–water partition coefficient (Wildman–Crippen LogP) is 0.444. The highest BCUT2D eigenvalue weighted by Crippen LogP contribution is 2.28. The minimum Gasteiger partial charge on any atom is -0.459 e. The third-order valence-electron chi connectivity index (χ3n) is 2.24. The van der Waals surface area contributed by atoms with Gasteiger partial charge in [0.1, 0.15) is 5.60 Å². The van der Waals surface area contributed by atoms with E-state index in [9.17, 15) is 9.59 Å². The van der Waals surface area contributed by atoms with E-state index >= 15 is 0 Å². The van der Waals surface area contributed by atoms with Gasteiger partial charge in [-0.05, 0) is 33.6 Å². The predicted molar refractivity (Wildman–Crippen MR) is 64.4 cm³/mol. The Kier molecular flexibility index (Phi) is 4.93. The van der Waals surface area contributed by atoms with Crippen molar-refractivity contribution in [3.63, 3.8) is 0 Å². The first kappa shape index (κ1) is 14.0. The molecule has 1 saturated carbocycles. The van der Waals surface area contributed by atoms with Gasteiger partial charge in [0.2, 0.25) is 5.91 Å². The van der Waals surface area contributed by atoms with E-state index in [0.717, 1.165) is 12.8 Å². The van der Waals surface area contributed by atoms with Crippen molar-refractivity contribution < 1.29 is 14.3 Å². The van der Waals surface area contributed by atoms with Gasteiger partial charge in [-0.25, -0.2) is 0 Å². The summed E-state index contributed by atoms with van der Waals surface area (Å²) in [5, 5.41) is 5.75. The first-order valence-corrected chi connectivity index (χ1v) is 6.09. The van der Waals surface area contributed by atoms with Crippen molar-refractivity contribution in [3.8, 4) is 0 Å². The Labute approximate surface area is 102 Å². The maximum Gasteiger partial charge on any atom is 0.320 e. The van der Waals surface area contributed by atoms with Crippen LogP contribution in [0.25, 0.3) is 0 Å². The molecule has 0 aromatic rings. The van der Waals surface area contributed by atoms with Crippen LogP contribution in [0.4, 0.5) is 0 Å². The fourth-order valence-corrected chi connectivity index (χ4v) is 1.33. The number of esters is 1. The van der Waals surface area contributed by atoms with Gasteiger partial charge in [-0.1, -0.05) is 0 Å². The topological polar surface area (TPSA) is 67.4 Å². The normalized spacial score (nSPS) is 15.5. The zero-order valence-electron chi connectivity index (χ0n) is 10.8. The molecule has 5 heteroatoms. The molecule has 1 amide bonds. The lowest BCUT2D eigenvalue weighted by Gasteiger charge is -2.19. The van der Waals surface area contributed by atoms with Crippen LogP contribution in [-0.4, -0.2) is 37.1 Å². The van der Waals surface area contributed by atoms with Crippen molar-refractivity contribution in [2.45, 2.75) is 39.2 Å². The maximum absolute atomic E-state index is 11.3. The Balaban J connectivity index is 1.96. The number of carbonyl (C=O) groups excluding carboxylic acids is 2. The minimum atomic E-state index is -0.445. The molecule has 0 saturated heterocycles. The summed E-state index contributed by atoms with van der Waals surface area (Å²) in [6.07, 6.45) is 2.02. The van der Waals surface area contributed by atoms with Crippen LogP contribution in [0, 0.1) is 5.92 Å². The quantitative estimate of drug-likeness (QED) is 0.524. The second-order valence-electron chi connectivity index (χ2n) is 5.33. The van der Waals surface area contributed by atoms with E-state index in [0.29, 0.717) is 13.1 Å². The zero-order chi connectivity index (χ0) is 12.9. The fraction of sp³-hybridized carbons (Fsp3) is 0.833. The summed E-state index contributed by atoms with van der Waals surface area (Å²) in [7, 11) is 0. The van der Waals surface area contributed by atoms with E-state index in [4.69, 9.17) is 4.74 Å². The van der Waals surface area contributed by atoms with Crippen LogP contribution in [0.5, 0.6) is 0 Å². The van der Waals surface area contributed by atoms with Gasteiger partial charge < -0.3 is 15.4 Å². The molecule has 0 aromatic heterocycles. The average Bonchev–Trinajstić information content (AvgIpc) is 2.96. The molecule has 0 unspecified atom stereocenters. The van der Waals surface area contributed by atoms with Gasteiger partial charge in [0.25, 0.3) is 0 Å². The lowest BCUT2D eigenvalue weighted by atomic mass is 10.2. The summed E-state index contributed by atoms with van der Waals surface area (Å²) < 4.78 is 5.12. The molecule has 0 radical (unpaired) electrons. The maximum atomic E-state index is 11.3. The highest BCUT2D eigenvalue weighted by Gasteiger charge is 2.28. The highest BCUT2D eigenvalue weighted by atomic mass is 16.6. The molecule has 0 bridgehead atoms. The fourth-order valence-electron chi connectivity index (χ4n) is 1.33. The molecule has 1 aliphatic rings. The molecule has 0 aliphatic heterocycles. The van der Waals surface area contributed by atoms with Crippen molar-refractivity contribution in [2.24, 2.45) is 5.92 Å². The van der Waals surface area contributed by atoms with Crippen LogP contribution in [-0.2, 0) is 14.3 Å². The van der Waals surface area contributed by atoms with Gasteiger partial charge in [0, 0.05) is 19.0 Å². The van der Waals surface area contributed by atoms with E-state index in [1.165, 1.54) is 0 Å². The number of hydrogen-bond acceptors (Lipinski definition) is 4. The van der Waals surface area contributed by atoms with Gasteiger partial charge in [-0.15, -0.1) is 0 Å². The largest absolute Gasteiger partial charge is 0.459 e. The van der Waals surface area contributed by atoms with Gasteiger partial charge >= 0.3 is 5.97 Å². The molecule has 0 heterocycles. The number of carbonyl (C=O) groups is 2. The van der Waals surface area contributed by atoms with Gasteiger partial charge in [0.15, 0.2) is 0 Å². The standard InChI is InChI=1S/C12H22N2O3/c1-12(2,3)17-10(15)8-13-6-7-14-11(16)9-4-5-9/h9,13H,4-8H2,1-3H3,(H,14,16). The molecule has 2 N–H and O–H groups in total. The first-order chi connectivity index (χ1) is 7.88. The van der Waals surface area contributed by atoms with Crippen molar-refractivity contribution in [3.05, 3.63) is 0 Å². The third kappa shape index (κ3) is 6.94. The smallest absolute Gasteiger partial charge is 0.320 e. The number of nitrogens with one attached hydrogen (secondary N) is 2. The van der Waals surface area contributed by atoms with Crippen molar-refractivity contribution in [1.82, 2.24) is 10.6 Å². The zero-order valence-corrected chi connectivity index (χ0v) is 10.8. The Hall–Kier alpha value is -1.10. The number of ether oxygens (including phenoxy) is 1. The Morgan fingerprint density at radius 1 is 1.24 bits per heavy atom. The second-order valence-corrected chi connectivity index (χ2v) is 5.33. The summed E-state index contributed by atoms with van der Waals surface area (Å²) in [6, 6.07) is 0. The van der Waals surface area contributed by atoms with E-state index in [-0.39, 0.29) is 24.3 Å². The lowest BCUT2D eigenvalue weighted by Crippen LogP contribution is -2.36. The molecule has 1 aliphatic carbocycles. The van der Waals surface area contributed by atoms with Crippen LogP contribution in [0.2, 0.25) is 0 Å². The summed E-state index contributed by atoms with van der Waals surface area (Å²) in [5.74, 6) is 0.0935. The summed E-state index contributed by atoms with van der Waals surface area (Å²) in [4.78, 5) is 22.6. The Bertz CT molecular complexity index is 280. The molecule has 1 fully saturated rings. The van der Waals surface area contributed by atoms with Crippen LogP contribution in [0.3, 0.4) is 0 Å². The molecular weight excluding hydrogens is 220 g/mol.